The number of carbonyl (C=O) groups is 1. The Bertz CT molecular complexity index is 613. The number of ether oxygens (including phenoxy) is 1. The molecule has 0 heterocycles. The molecule has 1 saturated carbocycles. The second kappa shape index (κ2) is 13.2. The Kier molecular flexibility index (Phi) is 11.1. The monoisotopic (exact) mass is 354 g/mol. The minimum Gasteiger partial charge on any atom is -0.426 e. The van der Waals surface area contributed by atoms with Gasteiger partial charge < -0.3 is 4.74 Å². The number of esters is 1. The van der Waals surface area contributed by atoms with E-state index in [1.807, 2.05) is 70.2 Å². The van der Waals surface area contributed by atoms with Gasteiger partial charge in [-0.25, -0.2) is 0 Å². The first-order valence-corrected chi connectivity index (χ1v) is 10.2. The highest BCUT2D eigenvalue weighted by atomic mass is 16.5. The van der Waals surface area contributed by atoms with E-state index in [0.29, 0.717) is 18.1 Å². The molecule has 2 aromatic rings. The third kappa shape index (κ3) is 7.43. The van der Waals surface area contributed by atoms with Crippen molar-refractivity contribution in [1.82, 2.24) is 0 Å². The predicted octanol–water partition coefficient (Wildman–Crippen LogP) is 7.28. The summed E-state index contributed by atoms with van der Waals surface area (Å²) in [5.41, 5.74) is 2.20. The Balaban J connectivity index is 0.000000791. The van der Waals surface area contributed by atoms with Crippen molar-refractivity contribution in [2.75, 3.05) is 0 Å². The van der Waals surface area contributed by atoms with Crippen molar-refractivity contribution in [3.05, 3.63) is 54.6 Å². The number of hydrogen-bond acceptors (Lipinski definition) is 2. The van der Waals surface area contributed by atoms with Crippen molar-refractivity contribution in [2.24, 2.45) is 5.92 Å². The molecule has 142 valence electrons. The van der Waals surface area contributed by atoms with Crippen LogP contribution >= 0.6 is 0 Å². The second-order valence-electron chi connectivity index (χ2n) is 6.08. The van der Waals surface area contributed by atoms with Crippen LogP contribution in [0.15, 0.2) is 54.6 Å². The molecule has 2 heteroatoms. The molecule has 0 N–H and O–H groups in total. The van der Waals surface area contributed by atoms with Gasteiger partial charge >= 0.3 is 5.97 Å². The molecule has 0 bridgehead atoms. The SMILES string of the molecule is CC.CC.O=C(CC1CCCCC1)Oc1cccc(-c2ccccc2)c1. The lowest BCUT2D eigenvalue weighted by Crippen LogP contribution is -2.16. The van der Waals surface area contributed by atoms with Crippen LogP contribution in [0.4, 0.5) is 0 Å². The first-order chi connectivity index (χ1) is 12.8. The van der Waals surface area contributed by atoms with E-state index in [1.54, 1.807) is 0 Å². The molecule has 1 aliphatic rings. The number of hydrogen-bond donors (Lipinski definition) is 0. The summed E-state index contributed by atoms with van der Waals surface area (Å²) in [4.78, 5) is 12.1. The topological polar surface area (TPSA) is 26.3 Å². The molecule has 0 amide bonds. The van der Waals surface area contributed by atoms with Gasteiger partial charge in [0.05, 0.1) is 0 Å². The summed E-state index contributed by atoms with van der Waals surface area (Å²) in [5, 5.41) is 0. The highest BCUT2D eigenvalue weighted by Gasteiger charge is 2.18. The Morgan fingerprint density at radius 2 is 1.46 bits per heavy atom. The van der Waals surface area contributed by atoms with E-state index in [9.17, 15) is 4.79 Å². The molecule has 0 aliphatic heterocycles. The van der Waals surface area contributed by atoms with Gasteiger partial charge in [-0.1, -0.05) is 89.4 Å². The number of benzene rings is 2. The third-order valence-electron chi connectivity index (χ3n) is 4.35. The molecule has 0 saturated heterocycles. The van der Waals surface area contributed by atoms with Gasteiger partial charge in [0.15, 0.2) is 0 Å². The molecular weight excluding hydrogens is 320 g/mol. The first kappa shape index (κ1) is 22.0. The maximum atomic E-state index is 12.1. The lowest BCUT2D eigenvalue weighted by Gasteiger charge is -2.20. The molecule has 0 spiro atoms. The van der Waals surface area contributed by atoms with Gasteiger partial charge in [0.25, 0.3) is 0 Å². The van der Waals surface area contributed by atoms with E-state index in [1.165, 1.54) is 32.1 Å². The van der Waals surface area contributed by atoms with Gasteiger partial charge in [-0.05, 0) is 42.0 Å². The maximum Gasteiger partial charge on any atom is 0.311 e. The van der Waals surface area contributed by atoms with Gasteiger partial charge in [-0.3, -0.25) is 4.79 Å². The Morgan fingerprint density at radius 1 is 0.846 bits per heavy atom. The summed E-state index contributed by atoms with van der Waals surface area (Å²) in [7, 11) is 0. The molecule has 3 rings (SSSR count). The maximum absolute atomic E-state index is 12.1. The van der Waals surface area contributed by atoms with Crippen molar-refractivity contribution in [3.8, 4) is 16.9 Å². The lowest BCUT2D eigenvalue weighted by molar-refractivity contribution is -0.135. The molecule has 2 nitrogen and oxygen atoms in total. The van der Waals surface area contributed by atoms with Gasteiger partial charge in [0.1, 0.15) is 5.75 Å². The van der Waals surface area contributed by atoms with Crippen LogP contribution in [-0.2, 0) is 4.79 Å². The number of carbonyl (C=O) groups excluding carboxylic acids is 1. The normalized spacial score (nSPS) is 13.5. The summed E-state index contributed by atoms with van der Waals surface area (Å²) >= 11 is 0. The minimum atomic E-state index is -0.0999. The molecule has 2 aromatic carbocycles. The third-order valence-corrected chi connectivity index (χ3v) is 4.35. The molecule has 26 heavy (non-hydrogen) atoms. The highest BCUT2D eigenvalue weighted by molar-refractivity contribution is 5.74. The van der Waals surface area contributed by atoms with Crippen molar-refractivity contribution in [2.45, 2.75) is 66.2 Å². The van der Waals surface area contributed by atoms with Crippen molar-refractivity contribution >= 4 is 5.97 Å². The molecule has 0 radical (unpaired) electrons. The van der Waals surface area contributed by atoms with Crippen LogP contribution in [0.3, 0.4) is 0 Å². The fraction of sp³-hybridized carbons (Fsp3) is 0.458. The van der Waals surface area contributed by atoms with Crippen LogP contribution in [0.25, 0.3) is 11.1 Å². The predicted molar refractivity (Wildman–Crippen MR) is 111 cm³/mol. The van der Waals surface area contributed by atoms with Crippen LogP contribution in [0.2, 0.25) is 0 Å². The Hall–Kier alpha value is -2.09. The van der Waals surface area contributed by atoms with Gasteiger partial charge in [-0.2, -0.15) is 0 Å². The fourth-order valence-electron chi connectivity index (χ4n) is 3.17. The smallest absolute Gasteiger partial charge is 0.311 e. The van der Waals surface area contributed by atoms with Crippen LogP contribution in [0.5, 0.6) is 5.75 Å². The Morgan fingerprint density at radius 3 is 2.12 bits per heavy atom. The zero-order valence-corrected chi connectivity index (χ0v) is 16.8. The molecule has 1 aliphatic carbocycles. The number of rotatable bonds is 4. The molecular formula is C24H34O2. The van der Waals surface area contributed by atoms with E-state index in [0.717, 1.165) is 11.1 Å². The zero-order valence-electron chi connectivity index (χ0n) is 16.8. The van der Waals surface area contributed by atoms with E-state index in [4.69, 9.17) is 4.74 Å². The fourth-order valence-corrected chi connectivity index (χ4v) is 3.17. The largest absolute Gasteiger partial charge is 0.426 e. The molecule has 1 fully saturated rings. The summed E-state index contributed by atoms with van der Waals surface area (Å²) < 4.78 is 5.54. The van der Waals surface area contributed by atoms with E-state index in [-0.39, 0.29) is 5.97 Å². The van der Waals surface area contributed by atoms with Crippen LogP contribution in [0, 0.1) is 5.92 Å². The van der Waals surface area contributed by atoms with E-state index >= 15 is 0 Å². The molecule has 0 unspecified atom stereocenters. The molecule has 0 aromatic heterocycles. The van der Waals surface area contributed by atoms with Crippen molar-refractivity contribution in [3.63, 3.8) is 0 Å². The summed E-state index contributed by atoms with van der Waals surface area (Å²) in [6.45, 7) is 8.00. The van der Waals surface area contributed by atoms with Crippen molar-refractivity contribution in [1.29, 1.82) is 0 Å². The average molecular weight is 355 g/mol. The second-order valence-corrected chi connectivity index (χ2v) is 6.08. The van der Waals surface area contributed by atoms with Crippen LogP contribution in [0.1, 0.15) is 66.2 Å². The zero-order chi connectivity index (χ0) is 19.2. The van der Waals surface area contributed by atoms with E-state index < -0.39 is 0 Å². The van der Waals surface area contributed by atoms with E-state index in [2.05, 4.69) is 12.1 Å². The highest BCUT2D eigenvalue weighted by Crippen LogP contribution is 2.28. The van der Waals surface area contributed by atoms with Crippen LogP contribution in [-0.4, -0.2) is 5.97 Å². The van der Waals surface area contributed by atoms with Crippen LogP contribution < -0.4 is 4.74 Å². The van der Waals surface area contributed by atoms with Gasteiger partial charge in [0.2, 0.25) is 0 Å². The summed E-state index contributed by atoms with van der Waals surface area (Å²) in [6.07, 6.45) is 6.70. The molecule has 0 atom stereocenters. The van der Waals surface area contributed by atoms with Crippen molar-refractivity contribution < 1.29 is 9.53 Å². The lowest BCUT2D eigenvalue weighted by atomic mass is 9.87. The van der Waals surface area contributed by atoms with Gasteiger partial charge in [0, 0.05) is 6.42 Å². The summed E-state index contributed by atoms with van der Waals surface area (Å²) in [5.74, 6) is 1.05. The standard InChI is InChI=1S/C20H22O2.2C2H6/c21-20(14-16-8-3-1-4-9-16)22-19-13-7-12-18(15-19)17-10-5-2-6-11-17;2*1-2/h2,5-7,10-13,15-16H,1,3-4,8-9,14H2;2*1-2H3. The quantitative estimate of drug-likeness (QED) is 0.426. The first-order valence-electron chi connectivity index (χ1n) is 10.2. The minimum absolute atomic E-state index is 0.0999. The Labute approximate surface area is 159 Å². The summed E-state index contributed by atoms with van der Waals surface area (Å²) in [6, 6.07) is 17.9. The average Bonchev–Trinajstić information content (AvgIpc) is 2.72. The van der Waals surface area contributed by atoms with Gasteiger partial charge in [-0.15, -0.1) is 0 Å².